The van der Waals surface area contributed by atoms with Crippen LogP contribution >= 0.6 is 35.0 Å². The highest BCUT2D eigenvalue weighted by Gasteiger charge is 2.42. The molecule has 0 saturated carbocycles. The van der Waals surface area contributed by atoms with Gasteiger partial charge in [0.1, 0.15) is 0 Å². The number of alkyl halides is 2. The molecule has 0 bridgehead atoms. The molecule has 826 valence electrons. The van der Waals surface area contributed by atoms with Crippen molar-refractivity contribution in [1.29, 1.82) is 0 Å². The smallest absolute Gasteiger partial charge is 0.222 e. The van der Waals surface area contributed by atoms with Crippen LogP contribution in [0.5, 0.6) is 0 Å². The summed E-state index contributed by atoms with van der Waals surface area (Å²) in [6, 6.07) is 0.317. The molecule has 0 aromatic heterocycles. The predicted molar refractivity (Wildman–Crippen MR) is 532 cm³/mol. The number of aliphatic hydroxyl groups excluding tert-OH is 4. The summed E-state index contributed by atoms with van der Waals surface area (Å²) in [4.78, 5) is 42.4. The summed E-state index contributed by atoms with van der Waals surface area (Å²) >= 11 is 12.9. The number of amides is 2. The van der Waals surface area contributed by atoms with E-state index < -0.39 is 0 Å². The molecule has 2 amide bonds. The average Bonchev–Trinajstić information content (AvgIpc) is 1.67. The van der Waals surface area contributed by atoms with Gasteiger partial charge in [-0.2, -0.15) is 11.8 Å². The molecule has 141 heavy (non-hydrogen) atoms. The molecule has 3 unspecified atom stereocenters. The molecular formula is C86H172Cl2N22O30S. The predicted octanol–water partition coefficient (Wildman–Crippen LogP) is 8.32. The van der Waals surface area contributed by atoms with Crippen LogP contribution in [0, 0.1) is 5.92 Å². The van der Waals surface area contributed by atoms with Gasteiger partial charge >= 0.3 is 0 Å². The minimum Gasteiger partial charge on any atom is -0.396 e. The van der Waals surface area contributed by atoms with Crippen molar-refractivity contribution in [3.63, 3.8) is 0 Å². The van der Waals surface area contributed by atoms with Crippen LogP contribution in [0.25, 0.3) is 62.7 Å². The van der Waals surface area contributed by atoms with Crippen molar-refractivity contribution in [3.05, 3.63) is 62.7 Å². The Morgan fingerprint density at radius 3 is 0.816 bits per heavy atom. The number of azide groups is 6. The van der Waals surface area contributed by atoms with Crippen molar-refractivity contribution in [2.45, 2.75) is 101 Å². The number of rotatable bonds is 107. The third-order valence-corrected chi connectivity index (χ3v) is 19.8. The third kappa shape index (κ3) is 127. The van der Waals surface area contributed by atoms with Crippen LogP contribution in [0.4, 0.5) is 0 Å². The minimum atomic E-state index is 0.0788. The molecule has 0 aromatic carbocycles. The van der Waals surface area contributed by atoms with Crippen molar-refractivity contribution in [3.8, 4) is 0 Å². The number of carbonyl (C=O) groups excluding carboxylic acids is 2. The van der Waals surface area contributed by atoms with Crippen molar-refractivity contribution >= 4 is 46.8 Å². The molecule has 0 aromatic rings. The number of nitrogens with one attached hydrogen (secondary N) is 3. The zero-order valence-corrected chi connectivity index (χ0v) is 85.9. The third-order valence-electron chi connectivity index (χ3n) is 17.9. The van der Waals surface area contributed by atoms with Crippen molar-refractivity contribution in [2.24, 2.45) is 36.6 Å². The van der Waals surface area contributed by atoms with E-state index in [4.69, 9.17) is 190 Å². The Bertz CT molecular complexity index is 2620. The number of halogens is 2. The molecule has 7 N–H and O–H groups in total. The van der Waals surface area contributed by atoms with Crippen LogP contribution in [0.1, 0.15) is 89.9 Å². The molecule has 0 radical (unpaired) electrons. The van der Waals surface area contributed by atoms with Gasteiger partial charge in [-0.1, -0.05) is 37.1 Å². The van der Waals surface area contributed by atoms with Crippen LogP contribution in [-0.2, 0) is 123 Å². The van der Waals surface area contributed by atoms with Gasteiger partial charge in [0.15, 0.2) is 0 Å². The standard InChI is InChI=1S/C27H48N8O8S.C17H34Cl2O6.C17H34N6O6.C16H33N7O6.C5H12O2.C4H11NO2/c28-33-30-5-9-38-13-17-42-19-15-40-11-7-35(8-12-41-16-20-43-18-14-39-10-6-31-34-29)27(37)4-2-1-3-25-23-21-26(36)32-24(23)22-44-25;18-4-8-22-12-16-24-14-10-20-6-2-1-3-7-21-11-15-25-17-13-23-9-5-19;18-22-20-4-8-26-12-16-28-14-10-24-6-2-1-3-7-25-11-15-29-17-13-27-9-5-21-23-19;17-22-20-3-7-26-11-15-28-13-9-24-5-1-19-2-6-25-10-14-29-16-12-27-8-4-21-23-18;6-4-2-1-3-5-7;6-3-1-5-2-4-7/h23-25H,1-22H2,(H,32,36);1-17H2;1-17H2;19H,1-16H2;6-7H,1-5H2;5-7H,1-4H2. The number of fused-ring (bicyclic) bond motifs is 1. The Kier molecular flexibility index (Phi) is 135. The molecule has 55 heteroatoms. The summed E-state index contributed by atoms with van der Waals surface area (Å²) < 4.78 is 129. The van der Waals surface area contributed by atoms with E-state index in [1.807, 2.05) is 11.8 Å². The molecule has 52 nitrogen and oxygen atoms in total. The number of hydrogen-bond donors (Lipinski definition) is 7. The van der Waals surface area contributed by atoms with Crippen LogP contribution in [0.2, 0.25) is 0 Å². The Labute approximate surface area is 847 Å². The largest absolute Gasteiger partial charge is 0.396 e. The van der Waals surface area contributed by atoms with Crippen molar-refractivity contribution < 1.29 is 144 Å². The number of carbonyl (C=O) groups is 2. The summed E-state index contributed by atoms with van der Waals surface area (Å²) in [5.74, 6) is 2.70. The first-order valence-electron chi connectivity index (χ1n) is 48.8. The van der Waals surface area contributed by atoms with Crippen LogP contribution in [-0.4, -0.2) is 488 Å². The summed E-state index contributed by atoms with van der Waals surface area (Å²) in [5.41, 5.74) is 48.8. The normalized spacial score (nSPS) is 13.1. The quantitative estimate of drug-likeness (QED) is 0.00988. The number of hydrogen-bond acceptors (Lipinski definition) is 39. The maximum Gasteiger partial charge on any atom is 0.222 e. The molecule has 0 spiro atoms. The van der Waals surface area contributed by atoms with Gasteiger partial charge in [0, 0.05) is 195 Å². The van der Waals surface area contributed by atoms with Gasteiger partial charge in [0.2, 0.25) is 11.8 Å². The summed E-state index contributed by atoms with van der Waals surface area (Å²) in [7, 11) is 0. The van der Waals surface area contributed by atoms with E-state index in [1.54, 1.807) is 4.90 Å². The first-order valence-corrected chi connectivity index (χ1v) is 50.9. The second-order valence-electron chi connectivity index (χ2n) is 28.9. The minimum absolute atomic E-state index is 0.0788. The Hall–Kier alpha value is -5.47. The fourth-order valence-corrected chi connectivity index (χ4v) is 12.9. The van der Waals surface area contributed by atoms with Crippen LogP contribution in [0.15, 0.2) is 30.7 Å². The summed E-state index contributed by atoms with van der Waals surface area (Å²) in [6.45, 7) is 31.1. The Balaban J connectivity index is -0.000000863. The van der Waals surface area contributed by atoms with Gasteiger partial charge in [-0.3, -0.25) is 9.59 Å². The van der Waals surface area contributed by atoms with Crippen LogP contribution in [0.3, 0.4) is 0 Å². The number of ether oxygens (including phenoxy) is 24. The van der Waals surface area contributed by atoms with E-state index in [9.17, 15) is 9.59 Å². The molecule has 0 aliphatic carbocycles. The lowest BCUT2D eigenvalue weighted by Gasteiger charge is -2.23. The number of thioether (sulfide) groups is 1. The van der Waals surface area contributed by atoms with Gasteiger partial charge in [-0.25, -0.2) is 0 Å². The molecule has 2 aliphatic rings. The first-order chi connectivity index (χ1) is 69.7. The molecule has 2 aliphatic heterocycles. The van der Waals surface area contributed by atoms with E-state index in [-0.39, 0.29) is 38.2 Å². The highest BCUT2D eigenvalue weighted by molar-refractivity contribution is 8.00. The monoisotopic (exact) mass is 2100 g/mol. The average molecular weight is 2100 g/mol. The van der Waals surface area contributed by atoms with Crippen molar-refractivity contribution in [1.82, 2.24) is 20.9 Å². The fourth-order valence-electron chi connectivity index (χ4n) is 11.0. The van der Waals surface area contributed by atoms with E-state index in [0.29, 0.717) is 398 Å². The summed E-state index contributed by atoms with van der Waals surface area (Å²) in [5, 5.41) is 62.5. The lowest BCUT2D eigenvalue weighted by atomic mass is 9.94. The first kappa shape index (κ1) is 142. The number of unbranched alkanes of at least 4 members (excludes halogenated alkanes) is 7. The molecular weight excluding hydrogens is 1920 g/mol. The lowest BCUT2D eigenvalue weighted by molar-refractivity contribution is -0.133. The SMILES string of the molecule is ClCCOCCOCCOCCCCCOCCOCCOCCCl.OCCCCCO.OCCNCCO.[N-]=[N+]=NCCOCCOCCOCCCCCOCCOCCOCCN=[N+]=[N-].[N-]=[N+]=NCCOCCOCCOCCN(CCOCCOCCOCCN=[N+]=[N-])C(=O)CCCCC1SCC2NC(=O)CC21.[N-]=[N+]=NCCOCCOCCOCCNCCOCCOCCOCCN=[N+]=[N-]. The van der Waals surface area contributed by atoms with Gasteiger partial charge in [-0.15, -0.1) is 23.2 Å². The van der Waals surface area contributed by atoms with Crippen molar-refractivity contribution in [2.75, 3.05) is 440 Å². The zero-order valence-electron chi connectivity index (χ0n) is 83.6. The maximum absolute atomic E-state index is 13.1. The molecule has 2 rings (SSSR count). The zero-order chi connectivity index (χ0) is 103. The Morgan fingerprint density at radius 2 is 0.553 bits per heavy atom. The highest BCUT2D eigenvalue weighted by Crippen LogP contribution is 2.40. The Morgan fingerprint density at radius 1 is 0.312 bits per heavy atom. The van der Waals surface area contributed by atoms with Crippen LogP contribution < -0.4 is 16.0 Å². The second kappa shape index (κ2) is 135. The van der Waals surface area contributed by atoms with E-state index in [1.165, 1.54) is 0 Å². The molecule has 3 atom stereocenters. The van der Waals surface area contributed by atoms with E-state index in [2.05, 4.69) is 76.1 Å². The highest BCUT2D eigenvalue weighted by atomic mass is 35.5. The molecule has 2 saturated heterocycles. The van der Waals surface area contributed by atoms with E-state index in [0.717, 1.165) is 122 Å². The van der Waals surface area contributed by atoms with Gasteiger partial charge in [-0.05, 0) is 104 Å². The number of aliphatic hydroxyl groups is 4. The topological polar surface area (TPSA) is 668 Å². The van der Waals surface area contributed by atoms with Gasteiger partial charge in [0.05, 0.1) is 304 Å². The van der Waals surface area contributed by atoms with Gasteiger partial charge < -0.3 is 155 Å². The fraction of sp³-hybridized carbons (Fsp3) is 0.977. The maximum atomic E-state index is 13.1. The van der Waals surface area contributed by atoms with Gasteiger partial charge in [0.25, 0.3) is 0 Å². The van der Waals surface area contributed by atoms with E-state index >= 15 is 0 Å². The number of nitrogens with zero attached hydrogens (tertiary/aromatic N) is 19. The summed E-state index contributed by atoms with van der Waals surface area (Å²) in [6.07, 6.45) is 12.7. The molecule has 2 heterocycles. The molecule has 2 fully saturated rings. The lowest BCUT2D eigenvalue weighted by Crippen LogP contribution is -2.37. The second-order valence-corrected chi connectivity index (χ2v) is 30.9.